The van der Waals surface area contributed by atoms with Gasteiger partial charge in [-0.2, -0.15) is 0 Å². The van der Waals surface area contributed by atoms with Crippen LogP contribution in [0.1, 0.15) is 38.2 Å². The fourth-order valence-electron chi connectivity index (χ4n) is 2.16. The Morgan fingerprint density at radius 2 is 1.62 bits per heavy atom. The van der Waals surface area contributed by atoms with Crippen LogP contribution in [-0.2, 0) is 19.7 Å². The van der Waals surface area contributed by atoms with Crippen LogP contribution in [0.3, 0.4) is 0 Å². The zero-order chi connectivity index (χ0) is 15.7. The molecule has 0 N–H and O–H groups in total. The van der Waals surface area contributed by atoms with Crippen molar-refractivity contribution in [1.29, 1.82) is 0 Å². The molecule has 0 bridgehead atoms. The average molecular weight is 318 g/mol. The normalized spacial score (nSPS) is 12.9. The van der Waals surface area contributed by atoms with Crippen LogP contribution in [0, 0.1) is 11.6 Å². The fraction of sp³-hybridized carbons (Fsp3) is 0.600. The number of hydrogen-bond donors (Lipinski definition) is 0. The van der Waals surface area contributed by atoms with Crippen LogP contribution in [-0.4, -0.2) is 29.9 Å². The summed E-state index contributed by atoms with van der Waals surface area (Å²) in [6.45, 7) is 2.00. The molecule has 1 atom stereocenters. The molecule has 3 nitrogen and oxygen atoms in total. The van der Waals surface area contributed by atoms with E-state index in [9.17, 15) is 8.78 Å². The lowest BCUT2D eigenvalue weighted by Crippen LogP contribution is -2.28. The van der Waals surface area contributed by atoms with Gasteiger partial charge in [-0.15, -0.1) is 0 Å². The van der Waals surface area contributed by atoms with E-state index in [1.54, 1.807) is 14.2 Å². The summed E-state index contributed by atoms with van der Waals surface area (Å²) in [5.74, 6) is -1.02. The summed E-state index contributed by atoms with van der Waals surface area (Å²) in [5.41, 5.74) is 0.711. The molecule has 0 aliphatic rings. The van der Waals surface area contributed by atoms with Crippen molar-refractivity contribution in [3.8, 4) is 0 Å². The van der Waals surface area contributed by atoms with Crippen LogP contribution < -0.4 is 0 Å². The zero-order valence-corrected chi connectivity index (χ0v) is 14.1. The maximum absolute atomic E-state index is 13.0. The first-order valence-electron chi connectivity index (χ1n) is 7.21. The van der Waals surface area contributed by atoms with E-state index < -0.39 is 21.2 Å². The first-order valence-corrected chi connectivity index (χ1v) is 8.62. The molecule has 0 saturated carbocycles. The molecular weight excluding hydrogens is 294 g/mol. The summed E-state index contributed by atoms with van der Waals surface area (Å²) in [5, 5.41) is 0. The molecular formula is C15H24F2O3Si. The first-order chi connectivity index (χ1) is 10.0. The molecule has 120 valence electrons. The molecule has 0 amide bonds. The summed E-state index contributed by atoms with van der Waals surface area (Å²) in [7, 11) is 1.22. The van der Waals surface area contributed by atoms with E-state index in [4.69, 9.17) is 13.3 Å². The first kappa shape index (κ1) is 18.2. The van der Waals surface area contributed by atoms with Crippen LogP contribution in [0.2, 0.25) is 0 Å². The summed E-state index contributed by atoms with van der Waals surface area (Å²) in [4.78, 5) is 0. The lowest BCUT2D eigenvalue weighted by Gasteiger charge is -2.17. The van der Waals surface area contributed by atoms with Gasteiger partial charge < -0.3 is 13.3 Å². The quantitative estimate of drug-likeness (QED) is 0.488. The van der Waals surface area contributed by atoms with E-state index in [0.717, 1.165) is 31.7 Å². The zero-order valence-electron chi connectivity index (χ0n) is 12.9. The highest BCUT2D eigenvalue weighted by Gasteiger charge is 2.15. The van der Waals surface area contributed by atoms with Gasteiger partial charge in [0, 0.05) is 26.4 Å². The Morgan fingerprint density at radius 3 is 2.19 bits per heavy atom. The number of unbranched alkanes of at least 4 members (excludes halogenated alkanes) is 2. The van der Waals surface area contributed by atoms with Gasteiger partial charge in [0.15, 0.2) is 0 Å². The Morgan fingerprint density at radius 1 is 1.00 bits per heavy atom. The molecule has 21 heavy (non-hydrogen) atoms. The van der Waals surface area contributed by atoms with Crippen LogP contribution in [0.15, 0.2) is 18.2 Å². The van der Waals surface area contributed by atoms with E-state index in [0.29, 0.717) is 12.0 Å². The Bertz CT molecular complexity index is 394. The Kier molecular flexibility index (Phi) is 8.68. The molecule has 0 fully saturated rings. The molecule has 0 aliphatic heterocycles. The van der Waals surface area contributed by atoms with E-state index in [1.807, 2.05) is 6.92 Å². The van der Waals surface area contributed by atoms with Crippen LogP contribution in [0.5, 0.6) is 0 Å². The molecule has 0 radical (unpaired) electrons. The van der Waals surface area contributed by atoms with Crippen LogP contribution in [0.4, 0.5) is 8.78 Å². The van der Waals surface area contributed by atoms with Crippen molar-refractivity contribution in [1.82, 2.24) is 0 Å². The molecule has 6 heteroatoms. The van der Waals surface area contributed by atoms with Crippen LogP contribution >= 0.6 is 0 Å². The van der Waals surface area contributed by atoms with Gasteiger partial charge in [-0.05, 0) is 43.9 Å². The highest BCUT2D eigenvalue weighted by molar-refractivity contribution is 6.36. The molecule has 1 aromatic rings. The monoisotopic (exact) mass is 318 g/mol. The topological polar surface area (TPSA) is 27.7 Å². The summed E-state index contributed by atoms with van der Waals surface area (Å²) in [6.07, 6.45) is 4.63. The minimum atomic E-state index is -1.95. The minimum Gasteiger partial charge on any atom is -0.379 e. The second-order valence-electron chi connectivity index (χ2n) is 5.08. The second-order valence-corrected chi connectivity index (χ2v) is 6.88. The number of benzene rings is 1. The lowest BCUT2D eigenvalue weighted by molar-refractivity contribution is 0.0893. The summed E-state index contributed by atoms with van der Waals surface area (Å²) < 4.78 is 41.9. The van der Waals surface area contributed by atoms with Crippen molar-refractivity contribution < 1.29 is 22.1 Å². The molecule has 0 heterocycles. The van der Waals surface area contributed by atoms with Gasteiger partial charge in [0.25, 0.3) is 0 Å². The Labute approximate surface area is 127 Å². The minimum absolute atomic E-state index is 0.105. The second kappa shape index (κ2) is 10.00. The lowest BCUT2D eigenvalue weighted by atomic mass is 10.0. The van der Waals surface area contributed by atoms with Crippen molar-refractivity contribution in [2.75, 3.05) is 14.2 Å². The Balaban J connectivity index is 2.16. The maximum Gasteiger partial charge on any atom is 0.483 e. The molecule has 1 aromatic carbocycles. The van der Waals surface area contributed by atoms with Gasteiger partial charge >= 0.3 is 9.53 Å². The summed E-state index contributed by atoms with van der Waals surface area (Å²) >= 11 is 0. The van der Waals surface area contributed by atoms with Gasteiger partial charge in [0.1, 0.15) is 11.6 Å². The maximum atomic E-state index is 13.0. The third kappa shape index (κ3) is 7.66. The predicted molar refractivity (Wildman–Crippen MR) is 80.2 cm³/mol. The largest absolute Gasteiger partial charge is 0.483 e. The van der Waals surface area contributed by atoms with Crippen molar-refractivity contribution in [3.05, 3.63) is 35.4 Å². The summed E-state index contributed by atoms with van der Waals surface area (Å²) in [6, 6.07) is 3.68. The number of hydrogen-bond acceptors (Lipinski definition) is 3. The van der Waals surface area contributed by atoms with E-state index >= 15 is 0 Å². The molecule has 0 spiro atoms. The molecule has 0 aliphatic carbocycles. The molecule has 0 aromatic heterocycles. The average Bonchev–Trinajstić information content (AvgIpc) is 2.43. The standard InChI is InChI=1S/C15H24F2O3Si/c1-12(20-21(18-2)19-3)7-5-4-6-8-13-9-14(16)11-15(17)10-13/h9-12,21H,4-8H2,1-3H3. The van der Waals surface area contributed by atoms with Gasteiger partial charge in [0.05, 0.1) is 0 Å². The van der Waals surface area contributed by atoms with Gasteiger partial charge in [-0.3, -0.25) is 0 Å². The molecule has 0 saturated heterocycles. The predicted octanol–water partition coefficient (Wildman–Crippen LogP) is 3.48. The fourth-order valence-corrected chi connectivity index (χ4v) is 3.09. The third-order valence-electron chi connectivity index (χ3n) is 3.23. The van der Waals surface area contributed by atoms with Crippen molar-refractivity contribution in [3.63, 3.8) is 0 Å². The number of halogens is 2. The van der Waals surface area contributed by atoms with E-state index in [1.165, 1.54) is 12.1 Å². The molecule has 1 rings (SSSR count). The van der Waals surface area contributed by atoms with Gasteiger partial charge in [-0.25, -0.2) is 8.78 Å². The van der Waals surface area contributed by atoms with E-state index in [2.05, 4.69) is 0 Å². The van der Waals surface area contributed by atoms with Gasteiger partial charge in [-0.1, -0.05) is 12.8 Å². The van der Waals surface area contributed by atoms with Crippen LogP contribution in [0.25, 0.3) is 0 Å². The van der Waals surface area contributed by atoms with Crippen molar-refractivity contribution in [2.24, 2.45) is 0 Å². The third-order valence-corrected chi connectivity index (χ3v) is 4.68. The number of aryl methyl sites for hydroxylation is 1. The number of rotatable bonds is 10. The highest BCUT2D eigenvalue weighted by atomic mass is 28.3. The van der Waals surface area contributed by atoms with E-state index in [-0.39, 0.29) is 6.10 Å². The SMILES string of the molecule is CO[SiH](OC)OC(C)CCCCCc1cc(F)cc(F)c1. The molecule has 1 unspecified atom stereocenters. The smallest absolute Gasteiger partial charge is 0.379 e. The highest BCUT2D eigenvalue weighted by Crippen LogP contribution is 2.13. The van der Waals surface area contributed by atoms with Gasteiger partial charge in [0.2, 0.25) is 0 Å². The van der Waals surface area contributed by atoms with Crippen molar-refractivity contribution >= 4 is 9.53 Å². The Hall–Kier alpha value is -0.823. The van der Waals surface area contributed by atoms with Crippen molar-refractivity contribution in [2.45, 2.75) is 45.1 Å².